The number of pyridine rings is 1. The predicted octanol–water partition coefficient (Wildman–Crippen LogP) is 2.60. The molecule has 0 fully saturated rings. The van der Waals surface area contributed by atoms with Crippen molar-refractivity contribution >= 4 is 11.6 Å². The van der Waals surface area contributed by atoms with E-state index in [4.69, 9.17) is 0 Å². The molecule has 2 rings (SSSR count). The Morgan fingerprint density at radius 2 is 1.89 bits per heavy atom. The quantitative estimate of drug-likeness (QED) is 0.715. The summed E-state index contributed by atoms with van der Waals surface area (Å²) in [5.41, 5.74) is 0. The molecule has 102 valence electrons. The summed E-state index contributed by atoms with van der Waals surface area (Å²) in [5, 5.41) is 10.8. The van der Waals surface area contributed by atoms with Gasteiger partial charge >= 0.3 is 0 Å². The highest BCUT2D eigenvalue weighted by molar-refractivity contribution is 5.44. The van der Waals surface area contributed by atoms with Gasteiger partial charge in [-0.2, -0.15) is 5.10 Å². The van der Waals surface area contributed by atoms with E-state index < -0.39 is 0 Å². The van der Waals surface area contributed by atoms with Gasteiger partial charge in [0.15, 0.2) is 0 Å². The van der Waals surface area contributed by atoms with Crippen LogP contribution in [0.25, 0.3) is 0 Å². The Bertz CT molecular complexity index is 466. The molecule has 0 radical (unpaired) electrons. The second-order valence-electron chi connectivity index (χ2n) is 4.38. The van der Waals surface area contributed by atoms with Crippen LogP contribution in [0.5, 0.6) is 0 Å². The molecular weight excluding hydrogens is 238 g/mol. The van der Waals surface area contributed by atoms with E-state index in [1.807, 2.05) is 35.1 Å². The first kappa shape index (κ1) is 13.4. The van der Waals surface area contributed by atoms with Gasteiger partial charge in [-0.15, -0.1) is 0 Å². The fourth-order valence-corrected chi connectivity index (χ4v) is 1.77. The summed E-state index contributed by atoms with van der Waals surface area (Å²) >= 11 is 0. The second kappa shape index (κ2) is 7.41. The van der Waals surface area contributed by atoms with Crippen molar-refractivity contribution in [3.63, 3.8) is 0 Å². The van der Waals surface area contributed by atoms with Crippen molar-refractivity contribution in [1.29, 1.82) is 0 Å². The highest BCUT2D eigenvalue weighted by Gasteiger charge is 1.97. The van der Waals surface area contributed by atoms with E-state index in [0.29, 0.717) is 0 Å². The fourth-order valence-electron chi connectivity index (χ4n) is 1.77. The molecule has 2 aromatic rings. The van der Waals surface area contributed by atoms with Crippen LogP contribution in [0.2, 0.25) is 0 Å². The van der Waals surface area contributed by atoms with Crippen LogP contribution in [0.3, 0.4) is 0 Å². The summed E-state index contributed by atoms with van der Waals surface area (Å²) < 4.78 is 1.94. The van der Waals surface area contributed by atoms with Gasteiger partial charge in [-0.3, -0.25) is 4.68 Å². The summed E-state index contributed by atoms with van der Waals surface area (Å²) in [6.07, 6.45) is 5.91. The summed E-state index contributed by atoms with van der Waals surface area (Å²) in [7, 11) is 0. The number of rotatable bonds is 8. The van der Waals surface area contributed by atoms with Crippen LogP contribution < -0.4 is 10.6 Å². The first-order valence-corrected chi connectivity index (χ1v) is 6.80. The topological polar surface area (TPSA) is 54.8 Å². The van der Waals surface area contributed by atoms with Gasteiger partial charge in [0, 0.05) is 32.0 Å². The van der Waals surface area contributed by atoms with Crippen LogP contribution >= 0.6 is 0 Å². The number of nitrogens with zero attached hydrogens (tertiary/aromatic N) is 3. The zero-order valence-electron chi connectivity index (χ0n) is 11.3. The van der Waals surface area contributed by atoms with E-state index in [1.54, 1.807) is 6.20 Å². The van der Waals surface area contributed by atoms with Gasteiger partial charge in [0.2, 0.25) is 0 Å². The van der Waals surface area contributed by atoms with Crippen molar-refractivity contribution < 1.29 is 0 Å². The summed E-state index contributed by atoms with van der Waals surface area (Å²) in [6, 6.07) is 7.94. The van der Waals surface area contributed by atoms with Gasteiger partial charge in [-0.1, -0.05) is 13.0 Å². The number of anilines is 2. The average molecular weight is 259 g/mol. The Morgan fingerprint density at radius 3 is 2.58 bits per heavy atom. The standard InChI is InChI=1S/C14H21N5/c1-2-8-15-13-6-3-7-14(18-13)16-9-4-11-19-12-5-10-17-19/h3,5-7,10,12H,2,4,8-9,11H2,1H3,(H2,15,16,18). The highest BCUT2D eigenvalue weighted by Crippen LogP contribution is 2.09. The van der Waals surface area contributed by atoms with E-state index in [2.05, 4.69) is 27.6 Å². The Balaban J connectivity index is 1.73. The van der Waals surface area contributed by atoms with E-state index in [0.717, 1.165) is 44.1 Å². The number of nitrogens with one attached hydrogen (secondary N) is 2. The first-order chi connectivity index (χ1) is 9.38. The number of hydrogen-bond donors (Lipinski definition) is 2. The first-order valence-electron chi connectivity index (χ1n) is 6.80. The van der Waals surface area contributed by atoms with Crippen LogP contribution in [0.15, 0.2) is 36.7 Å². The van der Waals surface area contributed by atoms with Gasteiger partial charge in [0.25, 0.3) is 0 Å². The Morgan fingerprint density at radius 1 is 1.11 bits per heavy atom. The lowest BCUT2D eigenvalue weighted by molar-refractivity contribution is 0.591. The maximum atomic E-state index is 4.50. The molecule has 0 spiro atoms. The Hall–Kier alpha value is -2.04. The molecule has 5 nitrogen and oxygen atoms in total. The Labute approximate surface area is 114 Å². The van der Waals surface area contributed by atoms with Crippen molar-refractivity contribution in [1.82, 2.24) is 14.8 Å². The van der Waals surface area contributed by atoms with Crippen molar-refractivity contribution in [3.05, 3.63) is 36.7 Å². The van der Waals surface area contributed by atoms with E-state index in [9.17, 15) is 0 Å². The van der Waals surface area contributed by atoms with Crippen molar-refractivity contribution in [2.45, 2.75) is 26.3 Å². The van der Waals surface area contributed by atoms with Crippen LogP contribution in [0.4, 0.5) is 11.6 Å². The third-order valence-electron chi connectivity index (χ3n) is 2.73. The summed E-state index contributed by atoms with van der Waals surface area (Å²) in [6.45, 7) is 4.91. The van der Waals surface area contributed by atoms with Gasteiger partial charge in [-0.05, 0) is 31.0 Å². The molecule has 0 unspecified atom stereocenters. The molecule has 0 atom stereocenters. The minimum atomic E-state index is 0.893. The van der Waals surface area contributed by atoms with Crippen LogP contribution in [0, 0.1) is 0 Å². The molecule has 2 heterocycles. The predicted molar refractivity (Wildman–Crippen MR) is 78.4 cm³/mol. The van der Waals surface area contributed by atoms with E-state index in [-0.39, 0.29) is 0 Å². The summed E-state index contributed by atoms with van der Waals surface area (Å²) in [4.78, 5) is 4.50. The van der Waals surface area contributed by atoms with Gasteiger partial charge in [-0.25, -0.2) is 4.98 Å². The molecule has 0 amide bonds. The molecule has 0 aliphatic rings. The molecule has 0 aromatic carbocycles. The highest BCUT2D eigenvalue weighted by atomic mass is 15.3. The van der Waals surface area contributed by atoms with Gasteiger partial charge in [0.1, 0.15) is 11.6 Å². The molecule has 0 aliphatic heterocycles. The third-order valence-corrected chi connectivity index (χ3v) is 2.73. The average Bonchev–Trinajstić information content (AvgIpc) is 2.95. The van der Waals surface area contributed by atoms with Crippen LogP contribution in [-0.2, 0) is 6.54 Å². The monoisotopic (exact) mass is 259 g/mol. The molecule has 0 bridgehead atoms. The zero-order chi connectivity index (χ0) is 13.3. The maximum Gasteiger partial charge on any atom is 0.128 e. The van der Waals surface area contributed by atoms with Gasteiger partial charge in [0.05, 0.1) is 0 Å². The van der Waals surface area contributed by atoms with E-state index >= 15 is 0 Å². The normalized spacial score (nSPS) is 10.4. The second-order valence-corrected chi connectivity index (χ2v) is 4.38. The summed E-state index contributed by atoms with van der Waals surface area (Å²) in [5.74, 6) is 1.85. The molecule has 0 saturated carbocycles. The van der Waals surface area contributed by atoms with Crippen molar-refractivity contribution in [3.8, 4) is 0 Å². The lowest BCUT2D eigenvalue weighted by Crippen LogP contribution is -2.09. The smallest absolute Gasteiger partial charge is 0.128 e. The SMILES string of the molecule is CCCNc1cccc(NCCCn2cccn2)n1. The molecule has 2 aromatic heterocycles. The minimum absolute atomic E-state index is 0.893. The van der Waals surface area contributed by atoms with Crippen LogP contribution in [-0.4, -0.2) is 27.9 Å². The lowest BCUT2D eigenvalue weighted by Gasteiger charge is -2.08. The van der Waals surface area contributed by atoms with Crippen molar-refractivity contribution in [2.24, 2.45) is 0 Å². The number of aromatic nitrogens is 3. The fraction of sp³-hybridized carbons (Fsp3) is 0.429. The number of hydrogen-bond acceptors (Lipinski definition) is 4. The molecule has 0 aliphatic carbocycles. The molecule has 19 heavy (non-hydrogen) atoms. The number of aryl methyl sites for hydroxylation is 1. The Kier molecular flexibility index (Phi) is 5.22. The third kappa shape index (κ3) is 4.62. The zero-order valence-corrected chi connectivity index (χ0v) is 11.3. The van der Waals surface area contributed by atoms with Gasteiger partial charge < -0.3 is 10.6 Å². The molecule has 0 saturated heterocycles. The molecule has 2 N–H and O–H groups in total. The van der Waals surface area contributed by atoms with Crippen LogP contribution in [0.1, 0.15) is 19.8 Å². The maximum absolute atomic E-state index is 4.50. The minimum Gasteiger partial charge on any atom is -0.370 e. The van der Waals surface area contributed by atoms with Crippen molar-refractivity contribution in [2.75, 3.05) is 23.7 Å². The molecular formula is C14H21N5. The lowest BCUT2D eigenvalue weighted by atomic mass is 10.4. The largest absolute Gasteiger partial charge is 0.370 e. The molecule has 5 heteroatoms. The van der Waals surface area contributed by atoms with E-state index in [1.165, 1.54) is 0 Å².